The summed E-state index contributed by atoms with van der Waals surface area (Å²) in [5.41, 5.74) is 3.01. The normalized spacial score (nSPS) is 19.8. The Morgan fingerprint density at radius 3 is 2.68 bits per heavy atom. The van der Waals surface area contributed by atoms with Gasteiger partial charge in [-0.2, -0.15) is 0 Å². The van der Waals surface area contributed by atoms with Gasteiger partial charge in [0.25, 0.3) is 0 Å². The lowest BCUT2D eigenvalue weighted by Crippen LogP contribution is -2.26. The molecule has 1 atom stereocenters. The molecule has 1 aliphatic rings. The van der Waals surface area contributed by atoms with E-state index in [2.05, 4.69) is 45.0 Å². The van der Waals surface area contributed by atoms with Crippen molar-refractivity contribution in [1.29, 1.82) is 0 Å². The Balaban J connectivity index is 2.03. The highest BCUT2D eigenvalue weighted by atomic mass is 16.2. The van der Waals surface area contributed by atoms with Gasteiger partial charge in [-0.1, -0.05) is 45.0 Å². The van der Waals surface area contributed by atoms with Gasteiger partial charge in [0.05, 0.1) is 0 Å². The molecule has 0 bridgehead atoms. The Hall–Kier alpha value is -1.31. The largest absolute Gasteiger partial charge is 0.343 e. The van der Waals surface area contributed by atoms with Gasteiger partial charge in [-0.15, -0.1) is 0 Å². The molecule has 0 aromatic heterocycles. The number of amides is 1. The quantitative estimate of drug-likeness (QED) is 0.797. The summed E-state index contributed by atoms with van der Waals surface area (Å²) >= 11 is 0. The topological polar surface area (TPSA) is 20.3 Å². The number of hydrogen-bond acceptors (Lipinski definition) is 1. The summed E-state index contributed by atoms with van der Waals surface area (Å²) in [4.78, 5) is 13.3. The van der Waals surface area contributed by atoms with E-state index in [9.17, 15) is 4.79 Å². The van der Waals surface area contributed by atoms with Crippen LogP contribution in [-0.4, -0.2) is 23.9 Å². The van der Waals surface area contributed by atoms with Crippen LogP contribution in [0.15, 0.2) is 24.3 Å². The number of likely N-dealkylation sites (tertiary alicyclic amines) is 1. The van der Waals surface area contributed by atoms with Crippen LogP contribution in [0.25, 0.3) is 0 Å². The maximum absolute atomic E-state index is 11.4. The monoisotopic (exact) mass is 259 g/mol. The Morgan fingerprint density at radius 1 is 1.37 bits per heavy atom. The van der Waals surface area contributed by atoms with E-state index >= 15 is 0 Å². The van der Waals surface area contributed by atoms with Crippen molar-refractivity contribution in [3.8, 4) is 0 Å². The molecule has 0 aliphatic carbocycles. The molecule has 1 aromatic carbocycles. The molecule has 2 heteroatoms. The van der Waals surface area contributed by atoms with Crippen LogP contribution in [-0.2, 0) is 16.6 Å². The summed E-state index contributed by atoms with van der Waals surface area (Å²) in [7, 11) is 0. The summed E-state index contributed by atoms with van der Waals surface area (Å²) in [6, 6.07) is 8.91. The van der Waals surface area contributed by atoms with Crippen molar-refractivity contribution in [3.63, 3.8) is 0 Å². The lowest BCUT2D eigenvalue weighted by atomic mass is 9.85. The second-order valence-corrected chi connectivity index (χ2v) is 6.77. The number of rotatable bonds is 2. The van der Waals surface area contributed by atoms with Gasteiger partial charge in [0.1, 0.15) is 0 Å². The maximum atomic E-state index is 11.4. The third-order valence-electron chi connectivity index (χ3n) is 4.05. The number of carbonyl (C=O) groups excluding carboxylic acids is 1. The number of benzene rings is 1. The molecule has 104 valence electrons. The van der Waals surface area contributed by atoms with E-state index in [0.29, 0.717) is 5.92 Å². The van der Waals surface area contributed by atoms with Crippen LogP contribution in [0, 0.1) is 5.92 Å². The molecule has 0 radical (unpaired) electrons. The van der Waals surface area contributed by atoms with Crippen LogP contribution in [0.1, 0.15) is 45.2 Å². The molecular formula is C17H25NO. The summed E-state index contributed by atoms with van der Waals surface area (Å²) in [5, 5.41) is 0. The van der Waals surface area contributed by atoms with Crippen LogP contribution in [0.2, 0.25) is 0 Å². The minimum Gasteiger partial charge on any atom is -0.343 e. The predicted molar refractivity (Wildman–Crippen MR) is 79.2 cm³/mol. The molecule has 1 unspecified atom stereocenters. The first-order valence-corrected chi connectivity index (χ1v) is 7.21. The van der Waals surface area contributed by atoms with Gasteiger partial charge in [0.2, 0.25) is 5.91 Å². The zero-order valence-corrected chi connectivity index (χ0v) is 12.6. The Morgan fingerprint density at radius 2 is 2.11 bits per heavy atom. The van der Waals surface area contributed by atoms with Crippen molar-refractivity contribution < 1.29 is 4.79 Å². The number of carbonyl (C=O) groups is 1. The lowest BCUT2D eigenvalue weighted by molar-refractivity contribution is -0.127. The van der Waals surface area contributed by atoms with E-state index in [1.807, 2.05) is 4.90 Å². The minimum atomic E-state index is 0.205. The van der Waals surface area contributed by atoms with Crippen molar-refractivity contribution in [2.45, 2.75) is 46.0 Å². The van der Waals surface area contributed by atoms with E-state index in [-0.39, 0.29) is 11.3 Å². The molecule has 0 saturated carbocycles. The molecule has 0 spiro atoms. The van der Waals surface area contributed by atoms with Gasteiger partial charge in [-0.25, -0.2) is 0 Å². The first-order chi connectivity index (χ1) is 8.86. The van der Waals surface area contributed by atoms with Crippen molar-refractivity contribution in [1.82, 2.24) is 4.90 Å². The third-order valence-corrected chi connectivity index (χ3v) is 4.05. The molecule has 1 amide bonds. The number of hydrogen-bond donors (Lipinski definition) is 0. The second-order valence-electron chi connectivity index (χ2n) is 6.77. The molecule has 2 nitrogen and oxygen atoms in total. The van der Waals surface area contributed by atoms with Crippen LogP contribution < -0.4 is 0 Å². The zero-order valence-electron chi connectivity index (χ0n) is 12.6. The van der Waals surface area contributed by atoms with Crippen molar-refractivity contribution in [2.24, 2.45) is 5.92 Å². The van der Waals surface area contributed by atoms with Gasteiger partial charge < -0.3 is 4.90 Å². The van der Waals surface area contributed by atoms with Crippen molar-refractivity contribution in [3.05, 3.63) is 35.4 Å². The number of nitrogens with zero attached hydrogens (tertiary/aromatic N) is 1. The Kier molecular flexibility index (Phi) is 3.98. The fourth-order valence-electron chi connectivity index (χ4n) is 2.78. The zero-order chi connectivity index (χ0) is 14.0. The minimum absolute atomic E-state index is 0.205. The van der Waals surface area contributed by atoms with E-state index in [1.54, 1.807) is 6.92 Å². The maximum Gasteiger partial charge on any atom is 0.219 e. The standard InChI is InChI=1S/C17H25NO/c1-13(19)18-9-8-15(12-18)10-14-6-5-7-16(11-14)17(2,3)4/h5-7,11,15H,8-10,12H2,1-4H3. The van der Waals surface area contributed by atoms with Gasteiger partial charge in [-0.05, 0) is 35.3 Å². The van der Waals surface area contributed by atoms with E-state index in [1.165, 1.54) is 11.1 Å². The molecule has 1 aliphatic heterocycles. The molecule has 0 N–H and O–H groups in total. The fourth-order valence-corrected chi connectivity index (χ4v) is 2.78. The predicted octanol–water partition coefficient (Wildman–Crippen LogP) is 3.40. The first kappa shape index (κ1) is 14.1. The van der Waals surface area contributed by atoms with Gasteiger partial charge in [0, 0.05) is 20.0 Å². The highest BCUT2D eigenvalue weighted by Gasteiger charge is 2.24. The molecule has 2 rings (SSSR count). The summed E-state index contributed by atoms with van der Waals surface area (Å²) in [6.07, 6.45) is 2.23. The Labute approximate surface area is 116 Å². The highest BCUT2D eigenvalue weighted by molar-refractivity contribution is 5.73. The third kappa shape index (κ3) is 3.59. The lowest BCUT2D eigenvalue weighted by Gasteiger charge is -2.20. The first-order valence-electron chi connectivity index (χ1n) is 7.21. The summed E-state index contributed by atoms with van der Waals surface area (Å²) in [6.45, 7) is 10.3. The molecular weight excluding hydrogens is 234 g/mol. The van der Waals surface area contributed by atoms with E-state index in [0.717, 1.165) is 25.9 Å². The second kappa shape index (κ2) is 5.36. The van der Waals surface area contributed by atoms with Crippen LogP contribution in [0.4, 0.5) is 0 Å². The SMILES string of the molecule is CC(=O)N1CCC(Cc2cccc(C(C)(C)C)c2)C1. The summed E-state index contributed by atoms with van der Waals surface area (Å²) < 4.78 is 0. The molecule has 1 fully saturated rings. The fraction of sp³-hybridized carbons (Fsp3) is 0.588. The molecule has 19 heavy (non-hydrogen) atoms. The smallest absolute Gasteiger partial charge is 0.219 e. The van der Waals surface area contributed by atoms with Crippen LogP contribution >= 0.6 is 0 Å². The van der Waals surface area contributed by atoms with Crippen molar-refractivity contribution >= 4 is 5.91 Å². The molecule has 1 saturated heterocycles. The average molecular weight is 259 g/mol. The summed E-state index contributed by atoms with van der Waals surface area (Å²) in [5.74, 6) is 0.838. The molecule has 1 aromatic rings. The van der Waals surface area contributed by atoms with Crippen LogP contribution in [0.5, 0.6) is 0 Å². The average Bonchev–Trinajstić information content (AvgIpc) is 2.77. The van der Waals surface area contributed by atoms with Gasteiger partial charge in [-0.3, -0.25) is 4.79 Å². The molecule has 1 heterocycles. The van der Waals surface area contributed by atoms with Crippen LogP contribution in [0.3, 0.4) is 0 Å². The highest BCUT2D eigenvalue weighted by Crippen LogP contribution is 2.26. The Bertz CT molecular complexity index is 459. The van der Waals surface area contributed by atoms with Crippen molar-refractivity contribution in [2.75, 3.05) is 13.1 Å². The van der Waals surface area contributed by atoms with Gasteiger partial charge in [0.15, 0.2) is 0 Å². The van der Waals surface area contributed by atoms with E-state index < -0.39 is 0 Å². The van der Waals surface area contributed by atoms with E-state index in [4.69, 9.17) is 0 Å². The van der Waals surface area contributed by atoms with Gasteiger partial charge >= 0.3 is 0 Å².